The fraction of sp³-hybridized carbons (Fsp3) is 0.680. The van der Waals surface area contributed by atoms with Crippen molar-refractivity contribution in [3.63, 3.8) is 0 Å². The van der Waals surface area contributed by atoms with Crippen LogP contribution in [0.1, 0.15) is 97.5 Å². The summed E-state index contributed by atoms with van der Waals surface area (Å²) in [4.78, 5) is 139. The molecule has 2 fully saturated rings. The van der Waals surface area contributed by atoms with Gasteiger partial charge in [-0.05, 0) is 89.9 Å². The smallest absolute Gasteiger partial charge is 0.245 e. The van der Waals surface area contributed by atoms with Crippen LogP contribution in [0.25, 0.3) is 0 Å². The van der Waals surface area contributed by atoms with E-state index < -0.39 is 145 Å². The first-order valence-corrected chi connectivity index (χ1v) is 27.5. The number of amides is 10. The summed E-state index contributed by atoms with van der Waals surface area (Å²) in [5.41, 5.74) is 24.2. The van der Waals surface area contributed by atoms with Crippen LogP contribution in [-0.4, -0.2) is 180 Å². The van der Waals surface area contributed by atoms with Crippen molar-refractivity contribution in [1.29, 1.82) is 0 Å². The van der Waals surface area contributed by atoms with Gasteiger partial charge < -0.3 is 86.3 Å². The van der Waals surface area contributed by atoms with E-state index in [0.29, 0.717) is 5.56 Å². The number of nitrogens with one attached hydrogen (secondary N) is 10. The molecule has 1 aromatic carbocycles. The maximum absolute atomic E-state index is 14.4. The summed E-state index contributed by atoms with van der Waals surface area (Å²) in [7, 11) is 0. The lowest BCUT2D eigenvalue weighted by Gasteiger charge is -2.28. The quantitative estimate of drug-likeness (QED) is 0.0548. The number of thioether (sulfide) groups is 1. The Labute approximate surface area is 454 Å². The molecule has 11 atom stereocenters. The Morgan fingerprint density at radius 1 is 0.623 bits per heavy atom. The van der Waals surface area contributed by atoms with E-state index >= 15 is 0 Å². The van der Waals surface area contributed by atoms with Crippen LogP contribution < -0.4 is 76.1 Å². The van der Waals surface area contributed by atoms with Crippen molar-refractivity contribution in [2.45, 2.75) is 170 Å². The average molecular weight is 1110 g/mol. The van der Waals surface area contributed by atoms with E-state index in [4.69, 9.17) is 22.9 Å². The van der Waals surface area contributed by atoms with Crippen molar-refractivity contribution < 1.29 is 58.2 Å². The molecule has 3 rings (SSSR count). The van der Waals surface area contributed by atoms with Gasteiger partial charge in [-0.25, -0.2) is 0 Å². The number of nitrogens with two attached hydrogens (primary N) is 4. The third-order valence-electron chi connectivity index (χ3n) is 12.9. The van der Waals surface area contributed by atoms with E-state index in [1.807, 2.05) is 0 Å². The van der Waals surface area contributed by atoms with Gasteiger partial charge >= 0.3 is 0 Å². The van der Waals surface area contributed by atoms with Crippen molar-refractivity contribution in [2.75, 3.05) is 38.5 Å². The Morgan fingerprint density at radius 3 is 1.65 bits per heavy atom. The van der Waals surface area contributed by atoms with Gasteiger partial charge in [0.05, 0.1) is 18.0 Å². The van der Waals surface area contributed by atoms with E-state index in [0.717, 1.165) is 32.1 Å². The van der Waals surface area contributed by atoms with Crippen molar-refractivity contribution in [3.8, 4) is 0 Å². The lowest BCUT2D eigenvalue weighted by Crippen LogP contribution is -2.62. The Kier molecular flexibility index (Phi) is 28.9. The first-order valence-electron chi connectivity index (χ1n) is 26.4. The van der Waals surface area contributed by atoms with Crippen molar-refractivity contribution in [3.05, 3.63) is 35.9 Å². The number of hydrogen-bond donors (Lipinski definition) is 16. The number of carbonyl (C=O) groups excluding carboxylic acids is 10. The second-order valence-electron chi connectivity index (χ2n) is 19.9. The monoisotopic (exact) mass is 1100 g/mol. The number of carbonyl (C=O) groups is 10. The Morgan fingerprint density at radius 2 is 1.13 bits per heavy atom. The third kappa shape index (κ3) is 22.5. The molecule has 1 saturated heterocycles. The van der Waals surface area contributed by atoms with Gasteiger partial charge in [0.25, 0.3) is 0 Å². The van der Waals surface area contributed by atoms with Crippen LogP contribution in [0.5, 0.6) is 0 Å². The minimum atomic E-state index is -1.66. The molecule has 0 radical (unpaired) electrons. The van der Waals surface area contributed by atoms with Crippen molar-refractivity contribution >= 4 is 70.8 Å². The summed E-state index contributed by atoms with van der Waals surface area (Å²) < 4.78 is 0. The summed E-state index contributed by atoms with van der Waals surface area (Å²) in [6.07, 6.45) is 1.27. The standard InChI is InChI=1S/C50H84N14O12S/c1-27(2)23-36-46(72)58-32(15-19-51)42(68)57-34(17-21-53)45(71)64-40(28(3)65)49(75)55-22-18-35(44(70)56-33(16-20-52)43(69)61-37(47(73)60-36)24-30-11-7-5-8-12-30)59-48(74)38(25-54)62-50(76)41(29(4)66)63-39(67)26-77-31-13-9-6-10-14-31/h5,7-8,11-12,27-29,31-38,40-41,65-66H,6,9-10,13-26,51-54H2,1-4H3,(H,55,75)(H,56,70)(H,57,68)(H,58,72)(H,59,74)(H,60,73)(H,61,69)(H,62,76)(H,63,67)(H,64,71)/t28?,29?,32-,33-,34-,35-,36-,37+,38-,40-,41-/m0/s1. The summed E-state index contributed by atoms with van der Waals surface area (Å²) in [5, 5.41) is 47.0. The van der Waals surface area contributed by atoms with Crippen LogP contribution in [0.2, 0.25) is 0 Å². The molecule has 1 aliphatic heterocycles. The first-order chi connectivity index (χ1) is 36.6. The first kappa shape index (κ1) is 65.3. The molecule has 2 aliphatic rings. The van der Waals surface area contributed by atoms with Gasteiger partial charge in [0, 0.05) is 24.8 Å². The molecule has 27 heteroatoms. The normalized spacial score (nSPS) is 24.7. The third-order valence-corrected chi connectivity index (χ3v) is 14.3. The largest absolute Gasteiger partial charge is 0.391 e. The second kappa shape index (κ2) is 34.0. The number of benzene rings is 1. The maximum Gasteiger partial charge on any atom is 0.245 e. The van der Waals surface area contributed by atoms with Crippen LogP contribution in [-0.2, 0) is 54.4 Å². The van der Waals surface area contributed by atoms with Crippen LogP contribution in [0.3, 0.4) is 0 Å². The summed E-state index contributed by atoms with van der Waals surface area (Å²) in [6.45, 7) is 4.71. The van der Waals surface area contributed by atoms with E-state index in [9.17, 15) is 58.2 Å². The molecule has 26 nitrogen and oxygen atoms in total. The molecule has 0 bridgehead atoms. The molecule has 432 valence electrons. The Bertz CT molecular complexity index is 2120. The van der Waals surface area contributed by atoms with Crippen LogP contribution in [0.4, 0.5) is 0 Å². The fourth-order valence-corrected chi connectivity index (χ4v) is 9.76. The molecule has 10 amide bonds. The second-order valence-corrected chi connectivity index (χ2v) is 21.2. The van der Waals surface area contributed by atoms with Gasteiger partial charge in [-0.3, -0.25) is 47.9 Å². The van der Waals surface area contributed by atoms with Gasteiger partial charge in [-0.2, -0.15) is 0 Å². The van der Waals surface area contributed by atoms with Gasteiger partial charge in [0.2, 0.25) is 59.1 Å². The van der Waals surface area contributed by atoms with Gasteiger partial charge in [0.15, 0.2) is 0 Å². The summed E-state index contributed by atoms with van der Waals surface area (Å²) >= 11 is 1.45. The molecule has 0 spiro atoms. The Balaban J connectivity index is 2.05. The van der Waals surface area contributed by atoms with E-state index in [2.05, 4.69) is 53.2 Å². The zero-order chi connectivity index (χ0) is 57.2. The van der Waals surface area contributed by atoms with Crippen molar-refractivity contribution in [2.24, 2.45) is 28.9 Å². The number of aliphatic hydroxyl groups is 2. The molecule has 77 heavy (non-hydrogen) atoms. The molecule has 20 N–H and O–H groups in total. The highest BCUT2D eigenvalue weighted by molar-refractivity contribution is 8.00. The molecular weight excluding hydrogens is 1020 g/mol. The van der Waals surface area contributed by atoms with Gasteiger partial charge in [0.1, 0.15) is 54.4 Å². The predicted molar refractivity (Wildman–Crippen MR) is 287 cm³/mol. The van der Waals surface area contributed by atoms with E-state index in [1.54, 1.807) is 44.2 Å². The number of rotatable bonds is 21. The Hall–Kier alpha value is -5.97. The van der Waals surface area contributed by atoms with Crippen LogP contribution >= 0.6 is 11.8 Å². The summed E-state index contributed by atoms with van der Waals surface area (Å²) in [5.74, 6) is -8.90. The minimum Gasteiger partial charge on any atom is -0.391 e. The topological polar surface area (TPSA) is 436 Å². The maximum atomic E-state index is 14.4. The number of hydrogen-bond acceptors (Lipinski definition) is 17. The molecule has 1 saturated carbocycles. The van der Waals surface area contributed by atoms with Crippen molar-refractivity contribution in [1.82, 2.24) is 53.2 Å². The average Bonchev–Trinajstić information content (AvgIpc) is 3.38. The molecule has 1 aromatic rings. The fourth-order valence-electron chi connectivity index (χ4n) is 8.62. The van der Waals surface area contributed by atoms with E-state index in [1.165, 1.54) is 25.6 Å². The molecular formula is C50H84N14O12S. The lowest BCUT2D eigenvalue weighted by molar-refractivity contribution is -0.136. The minimum absolute atomic E-state index is 0.0319. The molecule has 2 unspecified atom stereocenters. The SMILES string of the molecule is CC(C)C[C@@H]1NC(=O)[C@@H](Cc2ccccc2)NC(=O)[C@H](CCN)NC(=O)[C@@H](NC(=O)[C@H](CN)NC(=O)[C@@H](NC(=O)CSC2CCCCC2)C(C)O)CCNC(=O)[C@H](C(C)O)NC(=O)[C@H](CCN)NC(=O)[C@H](CCN)NC1=O. The van der Waals surface area contributed by atoms with Crippen LogP contribution in [0, 0.1) is 5.92 Å². The highest BCUT2D eigenvalue weighted by atomic mass is 32.2. The van der Waals surface area contributed by atoms with E-state index in [-0.39, 0.29) is 68.7 Å². The van der Waals surface area contributed by atoms with Gasteiger partial charge in [-0.15, -0.1) is 11.8 Å². The zero-order valence-corrected chi connectivity index (χ0v) is 45.4. The highest BCUT2D eigenvalue weighted by Crippen LogP contribution is 2.28. The highest BCUT2D eigenvalue weighted by Gasteiger charge is 2.37. The van der Waals surface area contributed by atoms with Crippen LogP contribution in [0.15, 0.2) is 30.3 Å². The predicted octanol–water partition coefficient (Wildman–Crippen LogP) is -5.01. The van der Waals surface area contributed by atoms with Gasteiger partial charge in [-0.1, -0.05) is 63.4 Å². The number of aliphatic hydroxyl groups excluding tert-OH is 2. The summed E-state index contributed by atoms with van der Waals surface area (Å²) in [6, 6.07) is -4.61. The molecule has 1 heterocycles. The molecule has 1 aliphatic carbocycles. The zero-order valence-electron chi connectivity index (χ0n) is 44.6. The molecule has 0 aromatic heterocycles. The lowest BCUT2D eigenvalue weighted by atomic mass is 10.00.